The van der Waals surface area contributed by atoms with Crippen LogP contribution in [0.4, 0.5) is 0 Å². The summed E-state index contributed by atoms with van der Waals surface area (Å²) in [7, 11) is 0. The third kappa shape index (κ3) is 2.83. The fourth-order valence-corrected chi connectivity index (χ4v) is 1.62. The molecule has 1 amide bonds. The Morgan fingerprint density at radius 3 is 3.06 bits per heavy atom. The van der Waals surface area contributed by atoms with E-state index in [-0.39, 0.29) is 5.91 Å². The van der Waals surface area contributed by atoms with Crippen molar-refractivity contribution in [2.24, 2.45) is 0 Å². The Kier molecular flexibility index (Phi) is 3.55. The van der Waals surface area contributed by atoms with E-state index < -0.39 is 0 Å². The second-order valence-electron chi connectivity index (χ2n) is 3.12. The lowest BCUT2D eigenvalue weighted by Gasteiger charge is -2.01. The summed E-state index contributed by atoms with van der Waals surface area (Å²) in [4.78, 5) is 15.6. The summed E-state index contributed by atoms with van der Waals surface area (Å²) >= 11 is 1.02. The summed E-state index contributed by atoms with van der Waals surface area (Å²) in [6, 6.07) is 5.72. The molecule has 82 valence electrons. The first kappa shape index (κ1) is 10.7. The number of carbonyl (C=O) groups excluding carboxylic acids is 1. The standard InChI is InChI=1S/C10H10N4OS/c15-10(9-7-13-16-14-9)12-6-4-8-3-1-2-5-11-8/h1-3,5,7H,4,6H2,(H,12,15). The monoisotopic (exact) mass is 234 g/mol. The van der Waals surface area contributed by atoms with Crippen LogP contribution in [-0.4, -0.2) is 26.2 Å². The van der Waals surface area contributed by atoms with Crippen LogP contribution in [0.15, 0.2) is 30.6 Å². The third-order valence-electron chi connectivity index (χ3n) is 1.99. The van der Waals surface area contributed by atoms with Crippen molar-refractivity contribution >= 4 is 17.6 Å². The zero-order chi connectivity index (χ0) is 11.2. The van der Waals surface area contributed by atoms with Gasteiger partial charge in [-0.2, -0.15) is 8.75 Å². The maximum absolute atomic E-state index is 11.5. The minimum Gasteiger partial charge on any atom is -0.350 e. The van der Waals surface area contributed by atoms with Crippen molar-refractivity contribution in [3.63, 3.8) is 0 Å². The van der Waals surface area contributed by atoms with Crippen LogP contribution in [0.1, 0.15) is 16.2 Å². The summed E-state index contributed by atoms with van der Waals surface area (Å²) in [5, 5.41) is 2.76. The average Bonchev–Trinajstić information content (AvgIpc) is 2.84. The van der Waals surface area contributed by atoms with E-state index in [1.54, 1.807) is 6.20 Å². The van der Waals surface area contributed by atoms with E-state index in [9.17, 15) is 4.79 Å². The quantitative estimate of drug-likeness (QED) is 0.853. The predicted octanol–water partition coefficient (Wildman–Crippen LogP) is 0.906. The van der Waals surface area contributed by atoms with Gasteiger partial charge in [0.15, 0.2) is 5.69 Å². The Hall–Kier alpha value is -1.82. The molecular weight excluding hydrogens is 224 g/mol. The molecule has 1 N–H and O–H groups in total. The number of carbonyl (C=O) groups is 1. The SMILES string of the molecule is O=C(NCCc1ccccn1)c1cnsn1. The molecule has 0 bridgehead atoms. The Labute approximate surface area is 96.9 Å². The number of aromatic nitrogens is 3. The van der Waals surface area contributed by atoms with Crippen molar-refractivity contribution in [1.29, 1.82) is 0 Å². The van der Waals surface area contributed by atoms with Gasteiger partial charge in [0.2, 0.25) is 0 Å². The highest BCUT2D eigenvalue weighted by Gasteiger charge is 2.07. The Bertz CT molecular complexity index is 443. The van der Waals surface area contributed by atoms with Gasteiger partial charge in [-0.3, -0.25) is 9.78 Å². The Morgan fingerprint density at radius 1 is 1.44 bits per heavy atom. The summed E-state index contributed by atoms with van der Waals surface area (Å²) in [6.45, 7) is 0.549. The summed E-state index contributed by atoms with van der Waals surface area (Å²) in [5.41, 5.74) is 1.32. The lowest BCUT2D eigenvalue weighted by Crippen LogP contribution is -2.26. The maximum atomic E-state index is 11.5. The van der Waals surface area contributed by atoms with Gasteiger partial charge < -0.3 is 5.32 Å². The number of pyridine rings is 1. The smallest absolute Gasteiger partial charge is 0.272 e. The van der Waals surface area contributed by atoms with Gasteiger partial charge >= 0.3 is 0 Å². The molecule has 0 aromatic carbocycles. The zero-order valence-corrected chi connectivity index (χ0v) is 9.28. The van der Waals surface area contributed by atoms with Crippen molar-refractivity contribution in [1.82, 2.24) is 19.0 Å². The molecule has 0 aliphatic rings. The molecule has 5 nitrogen and oxygen atoms in total. The van der Waals surface area contributed by atoms with E-state index in [1.165, 1.54) is 6.20 Å². The second-order valence-corrected chi connectivity index (χ2v) is 3.68. The molecule has 0 radical (unpaired) electrons. The van der Waals surface area contributed by atoms with E-state index in [1.807, 2.05) is 18.2 Å². The highest BCUT2D eigenvalue weighted by atomic mass is 32.1. The molecule has 2 aromatic rings. The van der Waals surface area contributed by atoms with Crippen molar-refractivity contribution in [2.45, 2.75) is 6.42 Å². The fourth-order valence-electron chi connectivity index (χ4n) is 1.21. The Morgan fingerprint density at radius 2 is 2.38 bits per heavy atom. The number of hydrogen-bond acceptors (Lipinski definition) is 5. The van der Waals surface area contributed by atoms with Gasteiger partial charge in [0.25, 0.3) is 5.91 Å². The van der Waals surface area contributed by atoms with E-state index in [4.69, 9.17) is 0 Å². The first-order chi connectivity index (χ1) is 7.86. The molecule has 0 saturated heterocycles. The van der Waals surface area contributed by atoms with Gasteiger partial charge in [-0.1, -0.05) is 6.07 Å². The maximum Gasteiger partial charge on any atom is 0.272 e. The molecule has 16 heavy (non-hydrogen) atoms. The van der Waals surface area contributed by atoms with E-state index in [2.05, 4.69) is 19.0 Å². The van der Waals surface area contributed by atoms with Gasteiger partial charge in [0, 0.05) is 24.9 Å². The molecule has 2 aromatic heterocycles. The second kappa shape index (κ2) is 5.32. The first-order valence-corrected chi connectivity index (χ1v) is 5.55. The normalized spacial score (nSPS) is 10.0. The van der Waals surface area contributed by atoms with E-state index in [0.717, 1.165) is 17.4 Å². The Balaban J connectivity index is 1.79. The molecule has 2 rings (SSSR count). The van der Waals surface area contributed by atoms with Crippen LogP contribution >= 0.6 is 11.7 Å². The van der Waals surface area contributed by atoms with Crippen LogP contribution in [0.2, 0.25) is 0 Å². The lowest BCUT2D eigenvalue weighted by molar-refractivity contribution is 0.0950. The fraction of sp³-hybridized carbons (Fsp3) is 0.200. The molecule has 0 unspecified atom stereocenters. The number of hydrogen-bond donors (Lipinski definition) is 1. The number of nitrogens with one attached hydrogen (secondary N) is 1. The zero-order valence-electron chi connectivity index (χ0n) is 8.46. The largest absolute Gasteiger partial charge is 0.350 e. The molecule has 2 heterocycles. The molecule has 0 aliphatic carbocycles. The lowest BCUT2D eigenvalue weighted by atomic mass is 10.2. The molecule has 0 atom stereocenters. The van der Waals surface area contributed by atoms with Crippen molar-refractivity contribution in [3.05, 3.63) is 42.0 Å². The summed E-state index contributed by atoms with van der Waals surface area (Å²) in [6.07, 6.45) is 3.91. The molecule has 0 fully saturated rings. The number of nitrogens with zero attached hydrogens (tertiary/aromatic N) is 3. The highest BCUT2D eigenvalue weighted by Crippen LogP contribution is 1.96. The molecule has 0 spiro atoms. The number of amides is 1. The summed E-state index contributed by atoms with van der Waals surface area (Å²) < 4.78 is 7.61. The van der Waals surface area contributed by atoms with Crippen molar-refractivity contribution < 1.29 is 4.79 Å². The minimum atomic E-state index is -0.190. The van der Waals surface area contributed by atoms with Gasteiger partial charge in [0.05, 0.1) is 17.9 Å². The highest BCUT2D eigenvalue weighted by molar-refractivity contribution is 6.99. The van der Waals surface area contributed by atoms with Crippen LogP contribution in [0.25, 0.3) is 0 Å². The van der Waals surface area contributed by atoms with Gasteiger partial charge in [0.1, 0.15) is 0 Å². The van der Waals surface area contributed by atoms with E-state index >= 15 is 0 Å². The van der Waals surface area contributed by atoms with Crippen LogP contribution < -0.4 is 5.32 Å². The van der Waals surface area contributed by atoms with Crippen molar-refractivity contribution in [2.75, 3.05) is 6.54 Å². The van der Waals surface area contributed by atoms with Gasteiger partial charge in [-0.05, 0) is 12.1 Å². The van der Waals surface area contributed by atoms with Crippen LogP contribution in [0.3, 0.4) is 0 Å². The van der Waals surface area contributed by atoms with Crippen LogP contribution in [0, 0.1) is 0 Å². The van der Waals surface area contributed by atoms with Crippen molar-refractivity contribution in [3.8, 4) is 0 Å². The topological polar surface area (TPSA) is 67.8 Å². The van der Waals surface area contributed by atoms with Crippen LogP contribution in [0.5, 0.6) is 0 Å². The minimum absolute atomic E-state index is 0.190. The summed E-state index contributed by atoms with van der Waals surface area (Å²) in [5.74, 6) is -0.190. The molecule has 6 heteroatoms. The number of rotatable bonds is 4. The average molecular weight is 234 g/mol. The van der Waals surface area contributed by atoms with Crippen LogP contribution in [-0.2, 0) is 6.42 Å². The first-order valence-electron chi connectivity index (χ1n) is 4.82. The molecule has 0 saturated carbocycles. The van der Waals surface area contributed by atoms with Gasteiger partial charge in [-0.15, -0.1) is 0 Å². The third-order valence-corrected chi connectivity index (χ3v) is 2.46. The predicted molar refractivity (Wildman–Crippen MR) is 60.2 cm³/mol. The van der Waals surface area contributed by atoms with E-state index in [0.29, 0.717) is 18.7 Å². The molecule has 0 aliphatic heterocycles. The molecular formula is C10H10N4OS. The van der Waals surface area contributed by atoms with Gasteiger partial charge in [-0.25, -0.2) is 0 Å².